The first-order chi connectivity index (χ1) is 5.66. The maximum absolute atomic E-state index is 10.6. The average Bonchev–Trinajstić information content (AvgIpc) is 1.97. The summed E-state index contributed by atoms with van der Waals surface area (Å²) >= 11 is 0. The number of rotatable bonds is 6. The fraction of sp³-hybridized carbons (Fsp3) is 0.700. The summed E-state index contributed by atoms with van der Waals surface area (Å²) in [7, 11) is 0. The van der Waals surface area contributed by atoms with E-state index in [2.05, 4.69) is 6.92 Å². The summed E-state index contributed by atoms with van der Waals surface area (Å²) < 4.78 is 0. The molecule has 0 heterocycles. The van der Waals surface area contributed by atoms with Gasteiger partial charge in [-0.15, -0.1) is 0 Å². The van der Waals surface area contributed by atoms with Crippen LogP contribution >= 0.6 is 0 Å². The Morgan fingerprint density at radius 2 is 2.17 bits per heavy atom. The molecule has 2 nitrogen and oxygen atoms in total. The van der Waals surface area contributed by atoms with Crippen molar-refractivity contribution in [1.29, 1.82) is 0 Å². The zero-order chi connectivity index (χ0) is 9.40. The van der Waals surface area contributed by atoms with E-state index in [-0.39, 0.29) is 12.2 Å². The highest BCUT2D eigenvalue weighted by Gasteiger charge is 2.03. The van der Waals surface area contributed by atoms with Gasteiger partial charge in [0.25, 0.3) is 0 Å². The SMILES string of the molecule is CCC/C=C\C[C@@H](O)CC(C)=O. The van der Waals surface area contributed by atoms with Crippen LogP contribution in [0.5, 0.6) is 0 Å². The van der Waals surface area contributed by atoms with Crippen LogP contribution in [0.2, 0.25) is 0 Å². The van der Waals surface area contributed by atoms with Crippen molar-refractivity contribution in [3.05, 3.63) is 12.2 Å². The van der Waals surface area contributed by atoms with Gasteiger partial charge in [-0.2, -0.15) is 0 Å². The molecular formula is C10H18O2. The second-order valence-electron chi connectivity index (χ2n) is 3.06. The van der Waals surface area contributed by atoms with Gasteiger partial charge in [0, 0.05) is 6.42 Å². The first kappa shape index (κ1) is 11.4. The van der Waals surface area contributed by atoms with Crippen molar-refractivity contribution in [2.45, 2.75) is 45.6 Å². The zero-order valence-electron chi connectivity index (χ0n) is 7.92. The lowest BCUT2D eigenvalue weighted by Crippen LogP contribution is -2.09. The van der Waals surface area contributed by atoms with E-state index in [0.29, 0.717) is 6.42 Å². The molecule has 0 aromatic carbocycles. The minimum Gasteiger partial charge on any atom is -0.392 e. The van der Waals surface area contributed by atoms with Gasteiger partial charge in [0.1, 0.15) is 5.78 Å². The Hall–Kier alpha value is -0.630. The molecule has 1 atom stereocenters. The van der Waals surface area contributed by atoms with Gasteiger partial charge < -0.3 is 5.11 Å². The first-order valence-electron chi connectivity index (χ1n) is 4.49. The molecule has 0 radical (unpaired) electrons. The Labute approximate surface area is 74.3 Å². The normalized spacial score (nSPS) is 13.6. The van der Waals surface area contributed by atoms with Crippen molar-refractivity contribution >= 4 is 5.78 Å². The standard InChI is InChI=1S/C10H18O2/c1-3-4-5-6-7-10(12)8-9(2)11/h5-6,10,12H,3-4,7-8H2,1-2H3/b6-5-/t10-/m1/s1. The van der Waals surface area contributed by atoms with Crippen LogP contribution in [-0.2, 0) is 4.79 Å². The summed E-state index contributed by atoms with van der Waals surface area (Å²) in [5.41, 5.74) is 0. The number of carbonyl (C=O) groups is 1. The topological polar surface area (TPSA) is 37.3 Å². The van der Waals surface area contributed by atoms with Crippen LogP contribution in [0, 0.1) is 0 Å². The molecule has 1 N–H and O–H groups in total. The third kappa shape index (κ3) is 7.48. The molecule has 0 saturated heterocycles. The summed E-state index contributed by atoms with van der Waals surface area (Å²) in [6.07, 6.45) is 6.54. The predicted molar refractivity (Wildman–Crippen MR) is 50.0 cm³/mol. The minimum atomic E-state index is -0.490. The zero-order valence-corrected chi connectivity index (χ0v) is 7.92. The second kappa shape index (κ2) is 7.04. The van der Waals surface area contributed by atoms with Gasteiger partial charge in [-0.05, 0) is 19.8 Å². The summed E-state index contributed by atoms with van der Waals surface area (Å²) in [5.74, 6) is 0.0476. The van der Waals surface area contributed by atoms with Gasteiger partial charge in [-0.1, -0.05) is 25.5 Å². The lowest BCUT2D eigenvalue weighted by Gasteiger charge is -2.03. The van der Waals surface area contributed by atoms with Crippen molar-refractivity contribution in [1.82, 2.24) is 0 Å². The van der Waals surface area contributed by atoms with Gasteiger partial charge in [0.2, 0.25) is 0 Å². The molecule has 0 spiro atoms. The monoisotopic (exact) mass is 170 g/mol. The molecule has 0 aliphatic heterocycles. The molecule has 0 unspecified atom stereocenters. The van der Waals surface area contributed by atoms with Crippen LogP contribution in [0.4, 0.5) is 0 Å². The molecule has 0 aliphatic carbocycles. The van der Waals surface area contributed by atoms with Gasteiger partial charge in [-0.3, -0.25) is 4.79 Å². The van der Waals surface area contributed by atoms with Crippen molar-refractivity contribution in [2.24, 2.45) is 0 Å². The van der Waals surface area contributed by atoms with Crippen molar-refractivity contribution in [3.8, 4) is 0 Å². The number of hydrogen-bond acceptors (Lipinski definition) is 2. The Balaban J connectivity index is 3.42. The predicted octanol–water partition coefficient (Wildman–Crippen LogP) is 2.07. The second-order valence-corrected chi connectivity index (χ2v) is 3.06. The fourth-order valence-electron chi connectivity index (χ4n) is 0.953. The molecule has 0 amide bonds. The molecule has 0 aromatic heterocycles. The van der Waals surface area contributed by atoms with Gasteiger partial charge in [-0.25, -0.2) is 0 Å². The van der Waals surface area contributed by atoms with Crippen LogP contribution in [0.25, 0.3) is 0 Å². The number of unbranched alkanes of at least 4 members (excludes halogenated alkanes) is 1. The van der Waals surface area contributed by atoms with Crippen LogP contribution < -0.4 is 0 Å². The van der Waals surface area contributed by atoms with E-state index in [1.165, 1.54) is 6.92 Å². The van der Waals surface area contributed by atoms with E-state index in [1.54, 1.807) is 0 Å². The quantitative estimate of drug-likeness (QED) is 0.620. The summed E-state index contributed by atoms with van der Waals surface area (Å²) in [5, 5.41) is 9.25. The van der Waals surface area contributed by atoms with Crippen LogP contribution in [0.3, 0.4) is 0 Å². The highest BCUT2D eigenvalue weighted by atomic mass is 16.3. The smallest absolute Gasteiger partial charge is 0.132 e. The summed E-state index contributed by atoms with van der Waals surface area (Å²) in [4.78, 5) is 10.6. The van der Waals surface area contributed by atoms with E-state index < -0.39 is 6.10 Å². The lowest BCUT2D eigenvalue weighted by atomic mass is 10.1. The van der Waals surface area contributed by atoms with Gasteiger partial charge in [0.05, 0.1) is 6.10 Å². The van der Waals surface area contributed by atoms with Gasteiger partial charge >= 0.3 is 0 Å². The number of hydrogen-bond donors (Lipinski definition) is 1. The van der Waals surface area contributed by atoms with Crippen molar-refractivity contribution < 1.29 is 9.90 Å². The van der Waals surface area contributed by atoms with E-state index in [4.69, 9.17) is 0 Å². The Bertz CT molecular complexity index is 150. The largest absolute Gasteiger partial charge is 0.392 e. The summed E-state index contributed by atoms with van der Waals surface area (Å²) in [6, 6.07) is 0. The molecule has 0 saturated carbocycles. The van der Waals surface area contributed by atoms with Crippen molar-refractivity contribution in [2.75, 3.05) is 0 Å². The number of Topliss-reactive ketones (excluding diaryl/α,β-unsaturated/α-hetero) is 1. The third-order valence-electron chi connectivity index (χ3n) is 1.55. The number of allylic oxidation sites excluding steroid dienone is 1. The van der Waals surface area contributed by atoms with E-state index in [0.717, 1.165) is 12.8 Å². The molecule has 0 bridgehead atoms. The molecule has 0 aromatic rings. The molecular weight excluding hydrogens is 152 g/mol. The maximum Gasteiger partial charge on any atom is 0.132 e. The lowest BCUT2D eigenvalue weighted by molar-refractivity contribution is -0.118. The van der Waals surface area contributed by atoms with Crippen LogP contribution in [0.15, 0.2) is 12.2 Å². The number of ketones is 1. The Kier molecular flexibility index (Phi) is 6.67. The molecule has 70 valence electrons. The number of carbonyl (C=O) groups excluding carboxylic acids is 1. The van der Waals surface area contributed by atoms with E-state index >= 15 is 0 Å². The highest BCUT2D eigenvalue weighted by molar-refractivity contribution is 5.75. The average molecular weight is 170 g/mol. The van der Waals surface area contributed by atoms with Crippen LogP contribution in [-0.4, -0.2) is 17.0 Å². The van der Waals surface area contributed by atoms with E-state index in [1.807, 2.05) is 12.2 Å². The van der Waals surface area contributed by atoms with Crippen molar-refractivity contribution in [3.63, 3.8) is 0 Å². The molecule has 0 fully saturated rings. The minimum absolute atomic E-state index is 0.0476. The van der Waals surface area contributed by atoms with Gasteiger partial charge in [0.15, 0.2) is 0 Å². The molecule has 2 heteroatoms. The number of aliphatic hydroxyl groups excluding tert-OH is 1. The Morgan fingerprint density at radius 3 is 2.67 bits per heavy atom. The Morgan fingerprint density at radius 1 is 1.50 bits per heavy atom. The molecule has 0 aliphatic rings. The van der Waals surface area contributed by atoms with E-state index in [9.17, 15) is 9.90 Å². The third-order valence-corrected chi connectivity index (χ3v) is 1.55. The molecule has 12 heavy (non-hydrogen) atoms. The first-order valence-corrected chi connectivity index (χ1v) is 4.49. The summed E-state index contributed by atoms with van der Waals surface area (Å²) in [6.45, 7) is 3.61. The molecule has 0 rings (SSSR count). The number of aliphatic hydroxyl groups is 1. The fourth-order valence-corrected chi connectivity index (χ4v) is 0.953. The highest BCUT2D eigenvalue weighted by Crippen LogP contribution is 2.00. The maximum atomic E-state index is 10.6. The van der Waals surface area contributed by atoms with Crippen LogP contribution in [0.1, 0.15) is 39.5 Å².